The molecule has 0 aliphatic carbocycles. The maximum absolute atomic E-state index is 9.80. The van der Waals surface area contributed by atoms with Crippen molar-refractivity contribution in [2.75, 3.05) is 6.54 Å². The molecule has 1 unspecified atom stereocenters. The third-order valence-electron chi connectivity index (χ3n) is 2.26. The zero-order valence-electron chi connectivity index (χ0n) is 7.72. The molecule has 5 N–H and O–H groups in total. The summed E-state index contributed by atoms with van der Waals surface area (Å²) in [5.74, 6) is 0. The van der Waals surface area contributed by atoms with E-state index in [9.17, 15) is 5.11 Å². The topological polar surface area (TPSA) is 72.3 Å². The van der Waals surface area contributed by atoms with Crippen molar-refractivity contribution in [3.8, 4) is 0 Å². The molecule has 11 heavy (non-hydrogen) atoms. The van der Waals surface area contributed by atoms with Crippen molar-refractivity contribution in [1.29, 1.82) is 0 Å². The lowest BCUT2D eigenvalue weighted by Crippen LogP contribution is -2.54. The van der Waals surface area contributed by atoms with Crippen molar-refractivity contribution in [2.24, 2.45) is 11.5 Å². The van der Waals surface area contributed by atoms with Crippen LogP contribution in [0, 0.1) is 0 Å². The molecule has 0 rings (SSSR count). The summed E-state index contributed by atoms with van der Waals surface area (Å²) in [4.78, 5) is 0. The summed E-state index contributed by atoms with van der Waals surface area (Å²) >= 11 is 0. The molecule has 0 saturated carbocycles. The summed E-state index contributed by atoms with van der Waals surface area (Å²) in [6, 6.07) is 0. The SMILES string of the molecule is CC(C)(N)C(C)(O)CCCN. The highest BCUT2D eigenvalue weighted by molar-refractivity contribution is 4.93. The predicted molar refractivity (Wildman–Crippen MR) is 47.2 cm³/mol. The van der Waals surface area contributed by atoms with Crippen LogP contribution in [0.25, 0.3) is 0 Å². The van der Waals surface area contributed by atoms with Gasteiger partial charge in [-0.15, -0.1) is 0 Å². The maximum Gasteiger partial charge on any atom is 0.0793 e. The molecule has 3 heteroatoms. The van der Waals surface area contributed by atoms with Crippen molar-refractivity contribution < 1.29 is 5.11 Å². The second-order valence-corrected chi connectivity index (χ2v) is 3.89. The van der Waals surface area contributed by atoms with Crippen molar-refractivity contribution in [1.82, 2.24) is 0 Å². The first-order valence-corrected chi connectivity index (χ1v) is 4.02. The van der Waals surface area contributed by atoms with Gasteiger partial charge in [-0.2, -0.15) is 0 Å². The highest BCUT2D eigenvalue weighted by atomic mass is 16.3. The molecule has 0 spiro atoms. The molecule has 0 radical (unpaired) electrons. The molecule has 0 aliphatic rings. The minimum absolute atomic E-state index is 0.553. The van der Waals surface area contributed by atoms with E-state index in [4.69, 9.17) is 11.5 Å². The summed E-state index contributed by atoms with van der Waals surface area (Å²) in [5, 5.41) is 9.80. The molecule has 0 aromatic rings. The fraction of sp³-hybridized carbons (Fsp3) is 1.00. The minimum atomic E-state index is -0.813. The van der Waals surface area contributed by atoms with E-state index in [1.807, 2.05) is 13.8 Å². The number of hydrogen-bond acceptors (Lipinski definition) is 3. The van der Waals surface area contributed by atoms with Crippen molar-refractivity contribution in [2.45, 2.75) is 44.8 Å². The van der Waals surface area contributed by atoms with Crippen LogP contribution in [0.3, 0.4) is 0 Å². The van der Waals surface area contributed by atoms with E-state index in [2.05, 4.69) is 0 Å². The Bertz CT molecular complexity index is 116. The highest BCUT2D eigenvalue weighted by Gasteiger charge is 2.34. The van der Waals surface area contributed by atoms with Crippen molar-refractivity contribution >= 4 is 0 Å². The molecule has 3 nitrogen and oxygen atoms in total. The Morgan fingerprint density at radius 1 is 1.27 bits per heavy atom. The van der Waals surface area contributed by atoms with E-state index < -0.39 is 11.1 Å². The lowest BCUT2D eigenvalue weighted by atomic mass is 9.82. The number of aliphatic hydroxyl groups is 1. The van der Waals surface area contributed by atoms with Crippen LogP contribution in [-0.2, 0) is 0 Å². The predicted octanol–water partition coefficient (Wildman–Crippen LogP) is 0.214. The van der Waals surface area contributed by atoms with Crippen LogP contribution in [0.1, 0.15) is 33.6 Å². The molecule has 0 fully saturated rings. The lowest BCUT2D eigenvalue weighted by Gasteiger charge is -2.36. The van der Waals surface area contributed by atoms with Gasteiger partial charge in [-0.1, -0.05) is 0 Å². The van der Waals surface area contributed by atoms with Crippen LogP contribution < -0.4 is 11.5 Å². The summed E-state index contributed by atoms with van der Waals surface area (Å²) in [7, 11) is 0. The first kappa shape index (κ1) is 10.9. The van der Waals surface area contributed by atoms with Crippen LogP contribution in [0.15, 0.2) is 0 Å². The van der Waals surface area contributed by atoms with Crippen LogP contribution in [0.2, 0.25) is 0 Å². The fourth-order valence-electron chi connectivity index (χ4n) is 0.768. The van der Waals surface area contributed by atoms with Crippen LogP contribution in [0.4, 0.5) is 0 Å². The zero-order valence-corrected chi connectivity index (χ0v) is 7.72. The third kappa shape index (κ3) is 3.18. The molecule has 1 atom stereocenters. The van der Waals surface area contributed by atoms with Gasteiger partial charge in [-0.05, 0) is 40.2 Å². The largest absolute Gasteiger partial charge is 0.388 e. The molecular formula is C8H20N2O. The van der Waals surface area contributed by atoms with Crippen molar-refractivity contribution in [3.63, 3.8) is 0 Å². The third-order valence-corrected chi connectivity index (χ3v) is 2.26. The van der Waals surface area contributed by atoms with Gasteiger partial charge in [-0.25, -0.2) is 0 Å². The molecule has 0 aromatic heterocycles. The Morgan fingerprint density at radius 3 is 2.00 bits per heavy atom. The van der Waals surface area contributed by atoms with Gasteiger partial charge >= 0.3 is 0 Å². The Kier molecular flexibility index (Phi) is 3.48. The van der Waals surface area contributed by atoms with Crippen molar-refractivity contribution in [3.05, 3.63) is 0 Å². The molecule has 0 bridgehead atoms. The Labute approximate surface area is 68.8 Å². The molecule has 0 saturated heterocycles. The summed E-state index contributed by atoms with van der Waals surface area (Å²) < 4.78 is 0. The summed E-state index contributed by atoms with van der Waals surface area (Å²) in [6.45, 7) is 6.00. The second-order valence-electron chi connectivity index (χ2n) is 3.89. The Balaban J connectivity index is 4.00. The van der Waals surface area contributed by atoms with Crippen LogP contribution in [0.5, 0.6) is 0 Å². The summed E-state index contributed by atoms with van der Waals surface area (Å²) in [6.07, 6.45) is 1.47. The smallest absolute Gasteiger partial charge is 0.0793 e. The average molecular weight is 160 g/mol. The molecule has 0 aliphatic heterocycles. The van der Waals surface area contributed by atoms with Gasteiger partial charge in [0, 0.05) is 5.54 Å². The number of rotatable bonds is 4. The molecule has 0 aromatic carbocycles. The zero-order chi connectivity index (χ0) is 9.12. The highest BCUT2D eigenvalue weighted by Crippen LogP contribution is 2.23. The van der Waals surface area contributed by atoms with E-state index in [0.29, 0.717) is 13.0 Å². The first-order valence-electron chi connectivity index (χ1n) is 4.02. The van der Waals surface area contributed by atoms with E-state index >= 15 is 0 Å². The molecular weight excluding hydrogens is 140 g/mol. The monoisotopic (exact) mass is 160 g/mol. The number of nitrogens with two attached hydrogens (primary N) is 2. The first-order chi connectivity index (χ1) is 4.81. The molecule has 68 valence electrons. The average Bonchev–Trinajstić information content (AvgIpc) is 1.81. The fourth-order valence-corrected chi connectivity index (χ4v) is 0.768. The van der Waals surface area contributed by atoms with E-state index in [1.54, 1.807) is 6.92 Å². The van der Waals surface area contributed by atoms with Gasteiger partial charge in [0.25, 0.3) is 0 Å². The van der Waals surface area contributed by atoms with Crippen LogP contribution in [-0.4, -0.2) is 22.8 Å². The van der Waals surface area contributed by atoms with E-state index in [0.717, 1.165) is 6.42 Å². The molecule has 0 amide bonds. The van der Waals surface area contributed by atoms with Gasteiger partial charge in [0.05, 0.1) is 5.60 Å². The van der Waals surface area contributed by atoms with E-state index in [1.165, 1.54) is 0 Å². The van der Waals surface area contributed by atoms with Gasteiger partial charge < -0.3 is 16.6 Å². The standard InChI is InChI=1S/C8H20N2O/c1-7(2,10)8(3,11)5-4-6-9/h11H,4-6,9-10H2,1-3H3. The Morgan fingerprint density at radius 2 is 1.73 bits per heavy atom. The van der Waals surface area contributed by atoms with Crippen LogP contribution >= 0.6 is 0 Å². The second kappa shape index (κ2) is 3.52. The summed E-state index contributed by atoms with van der Waals surface area (Å²) in [5.41, 5.74) is 9.72. The van der Waals surface area contributed by atoms with Gasteiger partial charge in [-0.3, -0.25) is 0 Å². The number of hydrogen-bond donors (Lipinski definition) is 3. The minimum Gasteiger partial charge on any atom is -0.388 e. The van der Waals surface area contributed by atoms with Gasteiger partial charge in [0.1, 0.15) is 0 Å². The quantitative estimate of drug-likeness (QED) is 0.550. The normalized spacial score (nSPS) is 18.0. The lowest BCUT2D eigenvalue weighted by molar-refractivity contribution is -0.0125. The van der Waals surface area contributed by atoms with E-state index in [-0.39, 0.29) is 0 Å². The van der Waals surface area contributed by atoms with Gasteiger partial charge in [0.2, 0.25) is 0 Å². The molecule has 0 heterocycles. The van der Waals surface area contributed by atoms with Gasteiger partial charge in [0.15, 0.2) is 0 Å². The Hall–Kier alpha value is -0.120. The maximum atomic E-state index is 9.80.